The number of aldehydes is 1. The van der Waals surface area contributed by atoms with Crippen LogP contribution in [-0.2, 0) is 4.79 Å². The summed E-state index contributed by atoms with van der Waals surface area (Å²) >= 11 is 0. The van der Waals surface area contributed by atoms with Crippen molar-refractivity contribution >= 4 is 6.29 Å². The Balaban J connectivity index is 4.07. The van der Waals surface area contributed by atoms with Crippen LogP contribution in [0.4, 0.5) is 0 Å². The van der Waals surface area contributed by atoms with E-state index in [1.807, 2.05) is 0 Å². The number of carbonyl (C=O) groups is 1. The van der Waals surface area contributed by atoms with Crippen molar-refractivity contribution in [2.45, 2.75) is 24.4 Å². The SMILES string of the molecule is N[C@@H]([14CH]=O)[C@@H](O)[C@H](O)[C@H](O)CO. The Kier molecular flexibility index (Phi) is 4.95. The van der Waals surface area contributed by atoms with Gasteiger partial charge in [-0.3, -0.25) is 0 Å². The smallest absolute Gasteiger partial charge is 0.139 e. The van der Waals surface area contributed by atoms with Crippen LogP contribution in [0.15, 0.2) is 0 Å². The molecule has 6 N–H and O–H groups in total. The van der Waals surface area contributed by atoms with Crippen molar-refractivity contribution in [2.24, 2.45) is 5.73 Å². The van der Waals surface area contributed by atoms with E-state index in [9.17, 15) is 4.79 Å². The Morgan fingerprint density at radius 1 is 1.25 bits per heavy atom. The van der Waals surface area contributed by atoms with Crippen LogP contribution in [0.5, 0.6) is 0 Å². The second kappa shape index (κ2) is 5.18. The summed E-state index contributed by atoms with van der Waals surface area (Å²) in [7, 11) is 0. The molecule has 0 aliphatic rings. The van der Waals surface area contributed by atoms with Gasteiger partial charge < -0.3 is 31.0 Å². The van der Waals surface area contributed by atoms with Gasteiger partial charge in [-0.25, -0.2) is 0 Å². The number of hydrogen-bond acceptors (Lipinski definition) is 6. The summed E-state index contributed by atoms with van der Waals surface area (Å²) in [4.78, 5) is 10.0. The van der Waals surface area contributed by atoms with Crippen LogP contribution in [-0.4, -0.2) is 57.7 Å². The zero-order chi connectivity index (χ0) is 9.72. The van der Waals surface area contributed by atoms with Crippen molar-refractivity contribution in [1.29, 1.82) is 0 Å². The van der Waals surface area contributed by atoms with Gasteiger partial charge in [0.2, 0.25) is 0 Å². The van der Waals surface area contributed by atoms with Gasteiger partial charge >= 0.3 is 0 Å². The Labute approximate surface area is 69.2 Å². The van der Waals surface area contributed by atoms with E-state index in [1.165, 1.54) is 0 Å². The van der Waals surface area contributed by atoms with Gasteiger partial charge in [0.25, 0.3) is 0 Å². The van der Waals surface area contributed by atoms with E-state index in [4.69, 9.17) is 26.2 Å². The minimum Gasteiger partial charge on any atom is -0.394 e. The van der Waals surface area contributed by atoms with Gasteiger partial charge in [0.1, 0.15) is 24.6 Å². The number of aliphatic hydroxyl groups is 4. The van der Waals surface area contributed by atoms with E-state index in [2.05, 4.69) is 0 Å². The number of rotatable bonds is 5. The first kappa shape index (κ1) is 11.5. The topological polar surface area (TPSA) is 124 Å². The third kappa shape index (κ3) is 2.84. The minimum absolute atomic E-state index is 0.248. The maximum Gasteiger partial charge on any atom is 0.139 e. The number of carbonyl (C=O) groups excluding carboxylic acids is 1. The van der Waals surface area contributed by atoms with Crippen LogP contribution in [0.1, 0.15) is 0 Å². The van der Waals surface area contributed by atoms with E-state index in [-0.39, 0.29) is 6.29 Å². The van der Waals surface area contributed by atoms with Crippen molar-refractivity contribution in [3.05, 3.63) is 0 Å². The number of nitrogens with two attached hydrogens (primary N) is 1. The average molecular weight is 181 g/mol. The summed E-state index contributed by atoms with van der Waals surface area (Å²) in [5, 5.41) is 35.2. The molecule has 0 radical (unpaired) electrons. The molecule has 0 saturated heterocycles. The lowest BCUT2D eigenvalue weighted by Gasteiger charge is -2.23. The summed E-state index contributed by atoms with van der Waals surface area (Å²) in [6.45, 7) is -0.705. The lowest BCUT2D eigenvalue weighted by Crippen LogP contribution is -2.49. The van der Waals surface area contributed by atoms with Crippen LogP contribution < -0.4 is 5.73 Å². The molecule has 0 amide bonds. The molecule has 6 nitrogen and oxygen atoms in total. The third-order valence-electron chi connectivity index (χ3n) is 1.48. The summed E-state index contributed by atoms with van der Waals surface area (Å²) in [5.41, 5.74) is 5.04. The van der Waals surface area contributed by atoms with Crippen LogP contribution in [0, 0.1) is 0 Å². The average Bonchev–Trinajstić information content (AvgIpc) is 2.12. The maximum absolute atomic E-state index is 10.0. The van der Waals surface area contributed by atoms with Crippen molar-refractivity contribution in [1.82, 2.24) is 0 Å². The molecular weight excluding hydrogens is 168 g/mol. The summed E-state index contributed by atoms with van der Waals surface area (Å²) in [5.74, 6) is 0. The van der Waals surface area contributed by atoms with Crippen LogP contribution >= 0.6 is 0 Å². The molecule has 0 heterocycles. The third-order valence-corrected chi connectivity index (χ3v) is 1.48. The molecule has 12 heavy (non-hydrogen) atoms. The lowest BCUT2D eigenvalue weighted by molar-refractivity contribution is -0.118. The monoisotopic (exact) mass is 181 g/mol. The highest BCUT2D eigenvalue weighted by molar-refractivity contribution is 5.58. The van der Waals surface area contributed by atoms with Crippen molar-refractivity contribution in [3.8, 4) is 0 Å². The van der Waals surface area contributed by atoms with Crippen LogP contribution in [0.25, 0.3) is 0 Å². The molecule has 0 saturated carbocycles. The molecule has 0 aliphatic heterocycles. The highest BCUT2D eigenvalue weighted by Crippen LogP contribution is 2.01. The molecule has 0 aromatic heterocycles. The molecule has 0 aromatic carbocycles. The van der Waals surface area contributed by atoms with E-state index in [1.54, 1.807) is 0 Å². The van der Waals surface area contributed by atoms with E-state index in [0.717, 1.165) is 0 Å². The molecule has 0 aromatic rings. The summed E-state index contributed by atoms with van der Waals surface area (Å²) < 4.78 is 0. The van der Waals surface area contributed by atoms with Gasteiger partial charge in [0.05, 0.1) is 12.6 Å². The fourth-order valence-electron chi connectivity index (χ4n) is 0.644. The Morgan fingerprint density at radius 2 is 1.75 bits per heavy atom. The van der Waals surface area contributed by atoms with Gasteiger partial charge in [0.15, 0.2) is 0 Å². The van der Waals surface area contributed by atoms with Gasteiger partial charge in [0, 0.05) is 0 Å². The predicted molar refractivity (Wildman–Crippen MR) is 39.1 cm³/mol. The van der Waals surface area contributed by atoms with Crippen LogP contribution in [0.2, 0.25) is 0 Å². The highest BCUT2D eigenvalue weighted by atomic mass is 16.4. The lowest BCUT2D eigenvalue weighted by atomic mass is 10.1. The Bertz CT molecular complexity index is 142. The predicted octanol–water partition coefficient (Wildman–Crippen LogP) is -3.41. The summed E-state index contributed by atoms with van der Waals surface area (Å²) in [6, 6.07) is -1.26. The van der Waals surface area contributed by atoms with Crippen molar-refractivity contribution in [3.63, 3.8) is 0 Å². The van der Waals surface area contributed by atoms with E-state index >= 15 is 0 Å². The van der Waals surface area contributed by atoms with Crippen molar-refractivity contribution in [2.75, 3.05) is 6.61 Å². The van der Waals surface area contributed by atoms with Gasteiger partial charge in [-0.1, -0.05) is 0 Å². The number of aliphatic hydroxyl groups excluding tert-OH is 4. The molecule has 0 aliphatic carbocycles. The second-order valence-electron chi connectivity index (χ2n) is 2.44. The number of hydrogen-bond donors (Lipinski definition) is 5. The molecule has 0 rings (SSSR count). The first-order valence-corrected chi connectivity index (χ1v) is 3.40. The molecule has 0 unspecified atom stereocenters. The normalized spacial score (nSPS) is 21.1. The molecule has 0 spiro atoms. The fraction of sp³-hybridized carbons (Fsp3) is 0.833. The van der Waals surface area contributed by atoms with Gasteiger partial charge in [-0.15, -0.1) is 0 Å². The quantitative estimate of drug-likeness (QED) is 0.281. The largest absolute Gasteiger partial charge is 0.394 e. The molecule has 0 fully saturated rings. The molecule has 6 heteroatoms. The Hall–Kier alpha value is -0.530. The molecular formula is C6H13NO5. The maximum atomic E-state index is 10.0. The first-order valence-electron chi connectivity index (χ1n) is 3.40. The highest BCUT2D eigenvalue weighted by Gasteiger charge is 2.28. The van der Waals surface area contributed by atoms with E-state index < -0.39 is 31.0 Å². The van der Waals surface area contributed by atoms with Gasteiger partial charge in [-0.2, -0.15) is 0 Å². The zero-order valence-corrected chi connectivity index (χ0v) is 6.37. The van der Waals surface area contributed by atoms with Crippen LogP contribution in [0.3, 0.4) is 0 Å². The second-order valence-corrected chi connectivity index (χ2v) is 2.44. The van der Waals surface area contributed by atoms with Gasteiger partial charge in [-0.05, 0) is 0 Å². The summed E-state index contributed by atoms with van der Waals surface area (Å²) in [6.07, 6.45) is -4.43. The van der Waals surface area contributed by atoms with E-state index in [0.29, 0.717) is 0 Å². The first-order chi connectivity index (χ1) is 5.54. The standard InChI is InChI=1S/C6H13NO5/c7-3(1-8)5(11)6(12)4(10)2-9/h1,3-6,9-12H,2,7H2/t3-,4+,5+,6+/m0/s1/i1+2. The fourth-order valence-corrected chi connectivity index (χ4v) is 0.644. The minimum atomic E-state index is -1.62. The molecule has 0 bridgehead atoms. The Morgan fingerprint density at radius 3 is 2.08 bits per heavy atom. The molecule has 72 valence electrons. The molecule has 4 atom stereocenters. The van der Waals surface area contributed by atoms with Crippen molar-refractivity contribution < 1.29 is 25.2 Å². The zero-order valence-electron chi connectivity index (χ0n) is 6.37.